The molecule has 0 aliphatic carbocycles. The van der Waals surface area contributed by atoms with Crippen molar-refractivity contribution >= 4 is 11.9 Å². The van der Waals surface area contributed by atoms with Gasteiger partial charge in [0.15, 0.2) is 0 Å². The van der Waals surface area contributed by atoms with E-state index in [0.29, 0.717) is 13.2 Å². The molecule has 1 aliphatic rings. The fourth-order valence-electron chi connectivity index (χ4n) is 4.39. The van der Waals surface area contributed by atoms with Crippen molar-refractivity contribution < 1.29 is 14.3 Å². The smallest absolute Gasteiger partial charge is 0.309 e. The minimum absolute atomic E-state index is 0.00908. The fraction of sp³-hybridized carbons (Fsp3) is 0.923. The summed E-state index contributed by atoms with van der Waals surface area (Å²) >= 11 is 0. The van der Waals surface area contributed by atoms with Crippen LogP contribution in [0.25, 0.3) is 0 Å². The highest BCUT2D eigenvalue weighted by molar-refractivity contribution is 5.78. The molecule has 0 unspecified atom stereocenters. The summed E-state index contributed by atoms with van der Waals surface area (Å²) in [7, 11) is 0. The van der Waals surface area contributed by atoms with E-state index in [-0.39, 0.29) is 17.8 Å². The van der Waals surface area contributed by atoms with E-state index >= 15 is 0 Å². The highest BCUT2D eigenvalue weighted by Gasteiger charge is 2.26. The predicted octanol–water partition coefficient (Wildman–Crippen LogP) is 5.86. The third-order valence-electron chi connectivity index (χ3n) is 6.43. The van der Waals surface area contributed by atoms with E-state index in [1.54, 1.807) is 0 Å². The first-order chi connectivity index (χ1) is 15.2. The number of amides is 1. The number of ether oxygens (including phenoxy) is 1. The van der Waals surface area contributed by atoms with Crippen LogP contribution < -0.4 is 5.32 Å². The zero-order valence-electron chi connectivity index (χ0n) is 20.6. The number of esters is 1. The Labute approximate surface area is 192 Å². The van der Waals surface area contributed by atoms with Gasteiger partial charge < -0.3 is 10.1 Å². The fourth-order valence-corrected chi connectivity index (χ4v) is 4.39. The zero-order valence-corrected chi connectivity index (χ0v) is 20.6. The molecule has 182 valence electrons. The highest BCUT2D eigenvalue weighted by Crippen LogP contribution is 2.18. The molecule has 0 aromatic carbocycles. The number of piperidine rings is 1. The molecule has 0 atom stereocenters. The topological polar surface area (TPSA) is 58.6 Å². The number of carbonyl (C=O) groups excluding carboxylic acids is 2. The van der Waals surface area contributed by atoms with Gasteiger partial charge in [0, 0.05) is 6.54 Å². The maximum absolute atomic E-state index is 12.1. The van der Waals surface area contributed by atoms with Gasteiger partial charge in [-0.15, -0.1) is 0 Å². The molecule has 1 amide bonds. The van der Waals surface area contributed by atoms with E-state index < -0.39 is 0 Å². The molecule has 1 heterocycles. The van der Waals surface area contributed by atoms with E-state index in [1.165, 1.54) is 83.5 Å². The Kier molecular flexibility index (Phi) is 17.6. The second-order valence-electron chi connectivity index (χ2n) is 9.25. The molecule has 5 heteroatoms. The lowest BCUT2D eigenvalue weighted by Gasteiger charge is -2.30. The van der Waals surface area contributed by atoms with E-state index in [1.807, 2.05) is 6.92 Å². The van der Waals surface area contributed by atoms with Crippen LogP contribution in [0.4, 0.5) is 0 Å². The molecule has 1 fully saturated rings. The maximum atomic E-state index is 12.1. The summed E-state index contributed by atoms with van der Waals surface area (Å²) in [5.41, 5.74) is 0. The lowest BCUT2D eigenvalue weighted by atomic mass is 9.97. The first-order valence-corrected chi connectivity index (χ1v) is 13.3. The summed E-state index contributed by atoms with van der Waals surface area (Å²) in [6.45, 7) is 7.41. The molecule has 0 aromatic heterocycles. The summed E-state index contributed by atoms with van der Waals surface area (Å²) in [6, 6.07) is 0. The largest absolute Gasteiger partial charge is 0.466 e. The van der Waals surface area contributed by atoms with Crippen molar-refractivity contribution in [2.24, 2.45) is 5.92 Å². The van der Waals surface area contributed by atoms with Gasteiger partial charge in [-0.1, -0.05) is 90.4 Å². The van der Waals surface area contributed by atoms with E-state index in [4.69, 9.17) is 4.74 Å². The monoisotopic (exact) mass is 438 g/mol. The van der Waals surface area contributed by atoms with Crippen LogP contribution in [0, 0.1) is 5.92 Å². The van der Waals surface area contributed by atoms with Gasteiger partial charge in [0.05, 0.1) is 19.1 Å². The number of likely N-dealkylation sites (tertiary alicyclic amines) is 1. The van der Waals surface area contributed by atoms with Crippen LogP contribution in [0.15, 0.2) is 0 Å². The summed E-state index contributed by atoms with van der Waals surface area (Å²) < 4.78 is 5.10. The summed E-state index contributed by atoms with van der Waals surface area (Å²) in [6.07, 6.45) is 20.5. The Bertz CT molecular complexity index is 448. The van der Waals surface area contributed by atoms with Crippen LogP contribution in [0.1, 0.15) is 117 Å². The number of nitrogens with zero attached hydrogens (tertiary/aromatic N) is 1. The first-order valence-electron chi connectivity index (χ1n) is 13.3. The minimum Gasteiger partial charge on any atom is -0.466 e. The Morgan fingerprint density at radius 3 is 1.74 bits per heavy atom. The maximum Gasteiger partial charge on any atom is 0.309 e. The molecule has 0 spiro atoms. The van der Waals surface area contributed by atoms with E-state index in [0.717, 1.165) is 38.9 Å². The molecule has 1 N–H and O–H groups in total. The standard InChI is InChI=1S/C26H50N2O3/c1-3-5-6-7-8-9-10-11-12-13-14-15-16-17-20-27-25(29)23-28-21-18-24(19-22-28)26(30)31-4-2/h24H,3-23H2,1-2H3,(H,27,29). The molecule has 0 bridgehead atoms. The summed E-state index contributed by atoms with van der Waals surface area (Å²) in [5.74, 6) is 0.0449. The third-order valence-corrected chi connectivity index (χ3v) is 6.43. The van der Waals surface area contributed by atoms with E-state index in [2.05, 4.69) is 17.1 Å². The quantitative estimate of drug-likeness (QED) is 0.203. The number of carbonyl (C=O) groups is 2. The lowest BCUT2D eigenvalue weighted by molar-refractivity contribution is -0.149. The Morgan fingerprint density at radius 2 is 1.26 bits per heavy atom. The van der Waals surface area contributed by atoms with Gasteiger partial charge in [0.25, 0.3) is 0 Å². The van der Waals surface area contributed by atoms with Crippen molar-refractivity contribution in [3.05, 3.63) is 0 Å². The number of rotatable bonds is 19. The Hall–Kier alpha value is -1.10. The molecule has 1 saturated heterocycles. The van der Waals surface area contributed by atoms with Gasteiger partial charge in [-0.2, -0.15) is 0 Å². The number of unbranched alkanes of at least 4 members (excludes halogenated alkanes) is 13. The minimum atomic E-state index is -0.0793. The van der Waals surface area contributed by atoms with Crippen LogP contribution in [-0.2, 0) is 14.3 Å². The van der Waals surface area contributed by atoms with Gasteiger partial charge >= 0.3 is 5.97 Å². The van der Waals surface area contributed by atoms with Crippen molar-refractivity contribution in [1.82, 2.24) is 10.2 Å². The Morgan fingerprint density at radius 1 is 0.774 bits per heavy atom. The summed E-state index contributed by atoms with van der Waals surface area (Å²) in [5, 5.41) is 3.06. The molecular formula is C26H50N2O3. The second kappa shape index (κ2) is 19.6. The Balaban J connectivity index is 1.84. The average Bonchev–Trinajstić information content (AvgIpc) is 2.77. The number of hydrogen-bond acceptors (Lipinski definition) is 4. The molecule has 1 rings (SSSR count). The van der Waals surface area contributed by atoms with Crippen molar-refractivity contribution in [3.63, 3.8) is 0 Å². The molecule has 31 heavy (non-hydrogen) atoms. The van der Waals surface area contributed by atoms with Crippen LogP contribution >= 0.6 is 0 Å². The van der Waals surface area contributed by atoms with Crippen molar-refractivity contribution in [1.29, 1.82) is 0 Å². The highest BCUT2D eigenvalue weighted by atomic mass is 16.5. The van der Waals surface area contributed by atoms with Gasteiger partial charge in [-0.25, -0.2) is 0 Å². The zero-order chi connectivity index (χ0) is 22.6. The first kappa shape index (κ1) is 27.9. The number of hydrogen-bond donors (Lipinski definition) is 1. The van der Waals surface area contributed by atoms with E-state index in [9.17, 15) is 9.59 Å². The van der Waals surface area contributed by atoms with Crippen molar-refractivity contribution in [2.45, 2.75) is 117 Å². The van der Waals surface area contributed by atoms with Gasteiger partial charge in [0.2, 0.25) is 5.91 Å². The molecule has 5 nitrogen and oxygen atoms in total. The van der Waals surface area contributed by atoms with Crippen LogP contribution in [0.5, 0.6) is 0 Å². The number of nitrogens with one attached hydrogen (secondary N) is 1. The van der Waals surface area contributed by atoms with Crippen molar-refractivity contribution in [3.8, 4) is 0 Å². The molecule has 0 aromatic rings. The summed E-state index contributed by atoms with van der Waals surface area (Å²) in [4.78, 5) is 26.0. The lowest BCUT2D eigenvalue weighted by Crippen LogP contribution is -2.43. The SMILES string of the molecule is CCCCCCCCCCCCCCCCNC(=O)CN1CCC(C(=O)OCC)CC1. The van der Waals surface area contributed by atoms with Crippen LogP contribution in [0.3, 0.4) is 0 Å². The molecule has 0 radical (unpaired) electrons. The second-order valence-corrected chi connectivity index (χ2v) is 9.25. The molecular weight excluding hydrogens is 388 g/mol. The molecule has 1 aliphatic heterocycles. The van der Waals surface area contributed by atoms with Crippen LogP contribution in [0.2, 0.25) is 0 Å². The molecule has 0 saturated carbocycles. The van der Waals surface area contributed by atoms with Gasteiger partial charge in [-0.3, -0.25) is 14.5 Å². The normalized spacial score (nSPS) is 15.2. The van der Waals surface area contributed by atoms with Gasteiger partial charge in [-0.05, 0) is 39.3 Å². The van der Waals surface area contributed by atoms with Gasteiger partial charge in [0.1, 0.15) is 0 Å². The average molecular weight is 439 g/mol. The third kappa shape index (κ3) is 15.4. The van der Waals surface area contributed by atoms with Crippen molar-refractivity contribution in [2.75, 3.05) is 32.8 Å². The van der Waals surface area contributed by atoms with Crippen LogP contribution in [-0.4, -0.2) is 49.6 Å². The predicted molar refractivity (Wildman–Crippen MR) is 129 cm³/mol.